The molecule has 0 aliphatic carbocycles. The van der Waals surface area contributed by atoms with E-state index in [4.69, 9.17) is 4.74 Å². The van der Waals surface area contributed by atoms with Crippen molar-refractivity contribution in [2.45, 2.75) is 6.18 Å². The van der Waals surface area contributed by atoms with Crippen LogP contribution in [0.4, 0.5) is 30.5 Å². The van der Waals surface area contributed by atoms with Gasteiger partial charge in [-0.3, -0.25) is 4.90 Å². The van der Waals surface area contributed by atoms with Crippen LogP contribution in [0.3, 0.4) is 0 Å². The van der Waals surface area contributed by atoms with Gasteiger partial charge in [0.25, 0.3) is 0 Å². The molecule has 2 N–H and O–H groups in total. The van der Waals surface area contributed by atoms with Crippen LogP contribution in [0.5, 0.6) is 0 Å². The van der Waals surface area contributed by atoms with E-state index < -0.39 is 11.7 Å². The Morgan fingerprint density at radius 1 is 1.08 bits per heavy atom. The number of alkyl halides is 3. The first-order valence-corrected chi connectivity index (χ1v) is 8.31. The first-order chi connectivity index (χ1) is 12.5. The predicted octanol–water partition coefficient (Wildman–Crippen LogP) is 2.98. The number of hydrogen-bond donors (Lipinski definition) is 2. The van der Waals surface area contributed by atoms with Crippen molar-refractivity contribution >= 4 is 17.3 Å². The summed E-state index contributed by atoms with van der Waals surface area (Å²) in [6.45, 7) is 4.89. The minimum absolute atomic E-state index is 0.317. The van der Waals surface area contributed by atoms with E-state index in [0.717, 1.165) is 45.0 Å². The van der Waals surface area contributed by atoms with E-state index >= 15 is 0 Å². The zero-order valence-corrected chi connectivity index (χ0v) is 14.1. The molecule has 0 bridgehead atoms. The van der Waals surface area contributed by atoms with Crippen LogP contribution in [-0.2, 0) is 10.9 Å². The second kappa shape index (κ2) is 8.33. The quantitative estimate of drug-likeness (QED) is 0.819. The summed E-state index contributed by atoms with van der Waals surface area (Å²) in [5.74, 6) is 1.04. The van der Waals surface area contributed by atoms with Gasteiger partial charge in [-0.1, -0.05) is 6.07 Å². The summed E-state index contributed by atoms with van der Waals surface area (Å²) in [6, 6.07) is 6.66. The highest BCUT2D eigenvalue weighted by molar-refractivity contribution is 5.59. The molecule has 0 amide bonds. The largest absolute Gasteiger partial charge is 0.416 e. The van der Waals surface area contributed by atoms with Crippen molar-refractivity contribution in [1.82, 2.24) is 14.9 Å². The molecule has 1 fully saturated rings. The van der Waals surface area contributed by atoms with Gasteiger partial charge < -0.3 is 15.4 Å². The molecule has 0 atom stereocenters. The number of halogens is 3. The zero-order valence-electron chi connectivity index (χ0n) is 14.1. The maximum absolute atomic E-state index is 12.8. The maximum atomic E-state index is 12.8. The third-order valence-electron chi connectivity index (χ3n) is 3.97. The lowest BCUT2D eigenvalue weighted by atomic mass is 10.2. The third kappa shape index (κ3) is 5.30. The second-order valence-electron chi connectivity index (χ2n) is 5.87. The number of anilines is 3. The summed E-state index contributed by atoms with van der Waals surface area (Å²) in [5.41, 5.74) is -0.391. The van der Waals surface area contributed by atoms with Gasteiger partial charge in [-0.05, 0) is 18.2 Å². The normalized spacial score (nSPS) is 15.7. The summed E-state index contributed by atoms with van der Waals surface area (Å²) in [4.78, 5) is 10.5. The fraction of sp³-hybridized carbons (Fsp3) is 0.412. The van der Waals surface area contributed by atoms with Crippen LogP contribution in [0.25, 0.3) is 0 Å². The lowest BCUT2D eigenvalue weighted by Crippen LogP contribution is -2.39. The summed E-state index contributed by atoms with van der Waals surface area (Å²) in [5, 5.41) is 6.08. The maximum Gasteiger partial charge on any atom is 0.416 e. The van der Waals surface area contributed by atoms with E-state index in [9.17, 15) is 13.2 Å². The molecule has 1 aliphatic heterocycles. The van der Waals surface area contributed by atoms with Crippen LogP contribution in [0.15, 0.2) is 36.7 Å². The Hall–Kier alpha value is -2.39. The highest BCUT2D eigenvalue weighted by atomic mass is 19.4. The number of aromatic nitrogens is 2. The van der Waals surface area contributed by atoms with Gasteiger partial charge in [0.2, 0.25) is 0 Å². The average Bonchev–Trinajstić information content (AvgIpc) is 2.63. The van der Waals surface area contributed by atoms with Crippen LogP contribution in [0, 0.1) is 0 Å². The Bertz CT molecular complexity index is 720. The molecule has 2 aromatic rings. The van der Waals surface area contributed by atoms with Gasteiger partial charge in [0.15, 0.2) is 0 Å². The fourth-order valence-corrected chi connectivity index (χ4v) is 2.61. The predicted molar refractivity (Wildman–Crippen MR) is 92.5 cm³/mol. The van der Waals surface area contributed by atoms with Crippen molar-refractivity contribution in [3.05, 3.63) is 42.2 Å². The lowest BCUT2D eigenvalue weighted by Gasteiger charge is -2.26. The van der Waals surface area contributed by atoms with Crippen molar-refractivity contribution in [2.24, 2.45) is 0 Å². The second-order valence-corrected chi connectivity index (χ2v) is 5.87. The monoisotopic (exact) mass is 367 g/mol. The van der Waals surface area contributed by atoms with Crippen molar-refractivity contribution in [3.63, 3.8) is 0 Å². The molecule has 0 radical (unpaired) electrons. The van der Waals surface area contributed by atoms with E-state index in [-0.39, 0.29) is 0 Å². The Kier molecular flexibility index (Phi) is 5.89. The number of nitrogens with zero attached hydrogens (tertiary/aromatic N) is 3. The minimum Gasteiger partial charge on any atom is -0.379 e. The number of rotatable bonds is 6. The van der Waals surface area contributed by atoms with Gasteiger partial charge in [-0.15, -0.1) is 0 Å². The topological polar surface area (TPSA) is 62.3 Å². The number of ether oxygens (including phenoxy) is 1. The fourth-order valence-electron chi connectivity index (χ4n) is 2.61. The highest BCUT2D eigenvalue weighted by Gasteiger charge is 2.30. The molecule has 1 saturated heterocycles. The van der Waals surface area contributed by atoms with Gasteiger partial charge in [-0.25, -0.2) is 9.97 Å². The summed E-state index contributed by atoms with van der Waals surface area (Å²) in [6.07, 6.45) is -3.01. The summed E-state index contributed by atoms with van der Waals surface area (Å²) in [7, 11) is 0. The Morgan fingerprint density at radius 2 is 1.85 bits per heavy atom. The number of nitrogens with one attached hydrogen (secondary N) is 2. The smallest absolute Gasteiger partial charge is 0.379 e. The van der Waals surface area contributed by atoms with Gasteiger partial charge >= 0.3 is 6.18 Å². The Labute approximate surface area is 149 Å². The van der Waals surface area contributed by atoms with E-state index in [0.29, 0.717) is 23.9 Å². The molecule has 1 aromatic heterocycles. The van der Waals surface area contributed by atoms with Gasteiger partial charge in [0.1, 0.15) is 18.0 Å². The van der Waals surface area contributed by atoms with E-state index in [1.807, 2.05) is 0 Å². The van der Waals surface area contributed by atoms with Gasteiger partial charge in [-0.2, -0.15) is 13.2 Å². The molecular weight excluding hydrogens is 347 g/mol. The zero-order chi connectivity index (χ0) is 18.4. The van der Waals surface area contributed by atoms with Gasteiger partial charge in [0.05, 0.1) is 18.8 Å². The molecule has 1 aliphatic rings. The van der Waals surface area contributed by atoms with Crippen LogP contribution in [0.1, 0.15) is 5.56 Å². The minimum atomic E-state index is -4.38. The van der Waals surface area contributed by atoms with Crippen molar-refractivity contribution < 1.29 is 17.9 Å². The van der Waals surface area contributed by atoms with Crippen molar-refractivity contribution in [2.75, 3.05) is 50.0 Å². The van der Waals surface area contributed by atoms with Crippen LogP contribution in [-0.4, -0.2) is 54.3 Å². The molecule has 0 spiro atoms. The first-order valence-electron chi connectivity index (χ1n) is 8.31. The van der Waals surface area contributed by atoms with E-state index in [1.165, 1.54) is 12.4 Å². The molecule has 1 aromatic carbocycles. The molecule has 0 unspecified atom stereocenters. The average molecular weight is 367 g/mol. The third-order valence-corrected chi connectivity index (χ3v) is 3.97. The van der Waals surface area contributed by atoms with E-state index in [1.54, 1.807) is 12.1 Å². The van der Waals surface area contributed by atoms with Crippen LogP contribution in [0.2, 0.25) is 0 Å². The molecule has 140 valence electrons. The molecule has 6 nitrogen and oxygen atoms in total. The molecule has 26 heavy (non-hydrogen) atoms. The molecular formula is C17H20F3N5O. The van der Waals surface area contributed by atoms with Crippen molar-refractivity contribution in [1.29, 1.82) is 0 Å². The Balaban J connectivity index is 1.57. The molecule has 9 heteroatoms. The summed E-state index contributed by atoms with van der Waals surface area (Å²) < 4.78 is 43.7. The highest BCUT2D eigenvalue weighted by Crippen LogP contribution is 2.31. The van der Waals surface area contributed by atoms with Crippen LogP contribution >= 0.6 is 0 Å². The number of benzene rings is 1. The standard InChI is InChI=1S/C17H20F3N5O/c18-17(19,20)13-2-1-3-14(10-13)24-16-11-15(22-12-23-16)21-4-5-25-6-8-26-9-7-25/h1-3,10-12H,4-9H2,(H2,21,22,23,24). The SMILES string of the molecule is FC(F)(F)c1cccc(Nc2cc(NCCN3CCOCC3)ncn2)c1. The molecule has 2 heterocycles. The Morgan fingerprint density at radius 3 is 2.62 bits per heavy atom. The van der Waals surface area contributed by atoms with E-state index in [2.05, 4.69) is 25.5 Å². The molecule has 3 rings (SSSR count). The molecule has 0 saturated carbocycles. The van der Waals surface area contributed by atoms with Gasteiger partial charge in [0, 0.05) is 37.9 Å². The number of hydrogen-bond acceptors (Lipinski definition) is 6. The lowest BCUT2D eigenvalue weighted by molar-refractivity contribution is -0.137. The van der Waals surface area contributed by atoms with Crippen LogP contribution < -0.4 is 10.6 Å². The number of morpholine rings is 1. The summed E-state index contributed by atoms with van der Waals surface area (Å²) >= 11 is 0. The van der Waals surface area contributed by atoms with Crippen molar-refractivity contribution in [3.8, 4) is 0 Å². The first kappa shape index (κ1) is 18.4.